The lowest BCUT2D eigenvalue weighted by molar-refractivity contribution is 0.0505. The Balaban J connectivity index is 2.13. The summed E-state index contributed by atoms with van der Waals surface area (Å²) in [4.78, 5) is 11.8. The zero-order valence-electron chi connectivity index (χ0n) is 12.1. The van der Waals surface area contributed by atoms with Crippen LogP contribution >= 0.6 is 0 Å². The molecule has 0 bridgehead atoms. The summed E-state index contributed by atoms with van der Waals surface area (Å²) in [6, 6.07) is 8.33. The number of ether oxygens (including phenoxy) is 1. The Kier molecular flexibility index (Phi) is 4.50. The van der Waals surface area contributed by atoms with Crippen LogP contribution in [0.3, 0.4) is 0 Å². The minimum absolute atomic E-state index is 0.275. The van der Waals surface area contributed by atoms with Crippen molar-refractivity contribution in [2.45, 2.75) is 33.7 Å². The number of rotatable bonds is 5. The molecule has 0 saturated heterocycles. The molecule has 0 amide bonds. The second kappa shape index (κ2) is 6.32. The van der Waals surface area contributed by atoms with E-state index in [-0.39, 0.29) is 5.82 Å². The van der Waals surface area contributed by atoms with Crippen LogP contribution in [-0.2, 0) is 17.7 Å². The van der Waals surface area contributed by atoms with Crippen LogP contribution in [0.5, 0.6) is 0 Å². The zero-order valence-corrected chi connectivity index (χ0v) is 12.1. The van der Waals surface area contributed by atoms with Crippen molar-refractivity contribution in [2.24, 2.45) is 0 Å². The van der Waals surface area contributed by atoms with Crippen LogP contribution in [0.1, 0.15) is 34.5 Å². The van der Waals surface area contributed by atoms with Crippen molar-refractivity contribution in [1.29, 1.82) is 0 Å². The van der Waals surface area contributed by atoms with Crippen molar-refractivity contribution in [3.05, 3.63) is 47.0 Å². The zero-order chi connectivity index (χ0) is 14.5. The van der Waals surface area contributed by atoms with E-state index in [1.807, 2.05) is 13.0 Å². The summed E-state index contributed by atoms with van der Waals surface area (Å²) in [6.07, 6.45) is 0.826. The van der Waals surface area contributed by atoms with Crippen molar-refractivity contribution < 1.29 is 9.53 Å². The van der Waals surface area contributed by atoms with Crippen molar-refractivity contribution in [1.82, 2.24) is 14.8 Å². The number of hydrogen-bond acceptors (Lipinski definition) is 4. The molecular weight excluding hydrogens is 254 g/mol. The van der Waals surface area contributed by atoms with Crippen LogP contribution in [-0.4, -0.2) is 27.3 Å². The highest BCUT2D eigenvalue weighted by Crippen LogP contribution is 2.09. The number of hydrogen-bond donors (Lipinski definition) is 0. The van der Waals surface area contributed by atoms with E-state index in [2.05, 4.69) is 35.3 Å². The van der Waals surface area contributed by atoms with Gasteiger partial charge in [0.25, 0.3) is 0 Å². The van der Waals surface area contributed by atoms with E-state index in [4.69, 9.17) is 4.74 Å². The second-order valence-electron chi connectivity index (χ2n) is 4.68. The Morgan fingerprint density at radius 3 is 2.80 bits per heavy atom. The predicted molar refractivity (Wildman–Crippen MR) is 75.6 cm³/mol. The first-order chi connectivity index (χ1) is 9.61. The molecular formula is C15H19N3O2. The minimum Gasteiger partial charge on any atom is -0.460 e. The molecule has 0 aliphatic heterocycles. The molecule has 0 atom stereocenters. The maximum absolute atomic E-state index is 11.8. The fraction of sp³-hybridized carbons (Fsp3) is 0.400. The third-order valence-electron chi connectivity index (χ3n) is 3.10. The highest BCUT2D eigenvalue weighted by molar-refractivity contribution is 5.85. The third kappa shape index (κ3) is 3.23. The van der Waals surface area contributed by atoms with Crippen LogP contribution < -0.4 is 0 Å². The first-order valence-corrected chi connectivity index (χ1v) is 6.74. The van der Waals surface area contributed by atoms with E-state index in [9.17, 15) is 4.79 Å². The van der Waals surface area contributed by atoms with E-state index in [1.165, 1.54) is 11.1 Å². The van der Waals surface area contributed by atoms with Crippen LogP contribution in [0.2, 0.25) is 0 Å². The predicted octanol–water partition coefficient (Wildman–Crippen LogP) is 2.31. The number of nitrogens with zero attached hydrogens (tertiary/aromatic N) is 3. The molecule has 5 heteroatoms. The molecule has 0 radical (unpaired) electrons. The number of benzene rings is 1. The Labute approximate surface area is 118 Å². The molecule has 5 nitrogen and oxygen atoms in total. The summed E-state index contributed by atoms with van der Waals surface area (Å²) in [6.45, 7) is 6.68. The molecule has 1 aromatic heterocycles. The number of esters is 1. The van der Waals surface area contributed by atoms with Crippen molar-refractivity contribution in [3.63, 3.8) is 0 Å². The summed E-state index contributed by atoms with van der Waals surface area (Å²) in [7, 11) is 0. The van der Waals surface area contributed by atoms with Gasteiger partial charge in [0.2, 0.25) is 5.82 Å². The van der Waals surface area contributed by atoms with Gasteiger partial charge in [0, 0.05) is 6.54 Å². The van der Waals surface area contributed by atoms with Gasteiger partial charge >= 0.3 is 5.97 Å². The molecule has 0 aliphatic carbocycles. The average Bonchev–Trinajstić information content (AvgIpc) is 2.78. The lowest BCUT2D eigenvalue weighted by atomic mass is 10.1. The molecule has 0 saturated carbocycles. The van der Waals surface area contributed by atoms with Gasteiger partial charge in [0.05, 0.1) is 6.61 Å². The Morgan fingerprint density at radius 2 is 2.10 bits per heavy atom. The lowest BCUT2D eigenvalue weighted by Crippen LogP contribution is -2.15. The molecule has 1 aromatic carbocycles. The fourth-order valence-corrected chi connectivity index (χ4v) is 2.10. The SMILES string of the molecule is CCOC(=O)c1nnc(C)n1CCc1cccc(C)c1. The standard InChI is InChI=1S/C15H19N3O2/c1-4-20-15(19)14-17-16-12(3)18(14)9-8-13-7-5-6-11(2)10-13/h5-7,10H,4,8-9H2,1-3H3. The number of aromatic nitrogens is 3. The maximum atomic E-state index is 11.8. The van der Waals surface area contributed by atoms with Crippen molar-refractivity contribution >= 4 is 5.97 Å². The summed E-state index contributed by atoms with van der Waals surface area (Å²) < 4.78 is 6.80. The Morgan fingerprint density at radius 1 is 1.30 bits per heavy atom. The number of aryl methyl sites for hydroxylation is 3. The monoisotopic (exact) mass is 273 g/mol. The van der Waals surface area contributed by atoms with E-state index < -0.39 is 5.97 Å². The van der Waals surface area contributed by atoms with Crippen molar-refractivity contribution in [3.8, 4) is 0 Å². The van der Waals surface area contributed by atoms with E-state index in [0.29, 0.717) is 13.2 Å². The fourth-order valence-electron chi connectivity index (χ4n) is 2.10. The smallest absolute Gasteiger partial charge is 0.376 e. The maximum Gasteiger partial charge on any atom is 0.376 e. The normalized spacial score (nSPS) is 10.6. The summed E-state index contributed by atoms with van der Waals surface area (Å²) in [5.74, 6) is 0.579. The van der Waals surface area contributed by atoms with E-state index >= 15 is 0 Å². The van der Waals surface area contributed by atoms with Crippen molar-refractivity contribution in [2.75, 3.05) is 6.61 Å². The van der Waals surface area contributed by atoms with Gasteiger partial charge in [0.15, 0.2) is 0 Å². The van der Waals surface area contributed by atoms with E-state index in [0.717, 1.165) is 12.2 Å². The van der Waals surface area contributed by atoms with Crippen LogP contribution in [0.25, 0.3) is 0 Å². The first-order valence-electron chi connectivity index (χ1n) is 6.74. The lowest BCUT2D eigenvalue weighted by Gasteiger charge is -2.08. The molecule has 0 aliphatic rings. The Hall–Kier alpha value is -2.17. The Bertz CT molecular complexity index is 605. The van der Waals surface area contributed by atoms with Gasteiger partial charge in [-0.05, 0) is 32.8 Å². The quantitative estimate of drug-likeness (QED) is 0.784. The van der Waals surface area contributed by atoms with Crippen LogP contribution in [0.15, 0.2) is 24.3 Å². The molecule has 0 fully saturated rings. The number of carbonyl (C=O) groups excluding carboxylic acids is 1. The second-order valence-corrected chi connectivity index (χ2v) is 4.68. The highest BCUT2D eigenvalue weighted by Gasteiger charge is 2.17. The average molecular weight is 273 g/mol. The third-order valence-corrected chi connectivity index (χ3v) is 3.10. The molecule has 106 valence electrons. The topological polar surface area (TPSA) is 57.0 Å². The van der Waals surface area contributed by atoms with Gasteiger partial charge in [-0.3, -0.25) is 0 Å². The number of carbonyl (C=O) groups is 1. The van der Waals surface area contributed by atoms with E-state index in [1.54, 1.807) is 11.5 Å². The first kappa shape index (κ1) is 14.2. The molecule has 0 unspecified atom stereocenters. The van der Waals surface area contributed by atoms with Gasteiger partial charge in [0.1, 0.15) is 5.82 Å². The largest absolute Gasteiger partial charge is 0.460 e. The molecule has 20 heavy (non-hydrogen) atoms. The summed E-state index contributed by atoms with van der Waals surface area (Å²) >= 11 is 0. The van der Waals surface area contributed by atoms with Crippen LogP contribution in [0.4, 0.5) is 0 Å². The van der Waals surface area contributed by atoms with Gasteiger partial charge in [-0.25, -0.2) is 4.79 Å². The molecule has 0 N–H and O–H groups in total. The molecule has 1 heterocycles. The summed E-state index contributed by atoms with van der Waals surface area (Å²) in [5.41, 5.74) is 2.46. The van der Waals surface area contributed by atoms with Gasteiger partial charge < -0.3 is 9.30 Å². The molecule has 2 rings (SSSR count). The van der Waals surface area contributed by atoms with Gasteiger partial charge in [-0.2, -0.15) is 0 Å². The van der Waals surface area contributed by atoms with Crippen LogP contribution in [0, 0.1) is 13.8 Å². The molecule has 0 spiro atoms. The van der Waals surface area contributed by atoms with Gasteiger partial charge in [-0.15, -0.1) is 10.2 Å². The minimum atomic E-state index is -0.419. The molecule has 2 aromatic rings. The van der Waals surface area contributed by atoms with Gasteiger partial charge in [-0.1, -0.05) is 29.8 Å². The highest BCUT2D eigenvalue weighted by atomic mass is 16.5. The summed E-state index contributed by atoms with van der Waals surface area (Å²) in [5, 5.41) is 7.86.